The number of carbonyl (C=O) groups excluding carboxylic acids is 1. The van der Waals surface area contributed by atoms with Gasteiger partial charge in [-0.1, -0.05) is 0 Å². The number of nitrogens with zero attached hydrogens (tertiary/aromatic N) is 4. The zero-order valence-electron chi connectivity index (χ0n) is 9.63. The van der Waals surface area contributed by atoms with E-state index in [9.17, 15) is 4.79 Å². The predicted molar refractivity (Wildman–Crippen MR) is 68.4 cm³/mol. The molecule has 0 aliphatic carbocycles. The van der Waals surface area contributed by atoms with Crippen molar-refractivity contribution in [2.75, 3.05) is 0 Å². The van der Waals surface area contributed by atoms with E-state index in [2.05, 4.69) is 15.1 Å². The lowest BCUT2D eigenvalue weighted by molar-refractivity contribution is 0.0729. The molecule has 0 saturated heterocycles. The summed E-state index contributed by atoms with van der Waals surface area (Å²) in [7, 11) is 0. The third kappa shape index (κ3) is 2.50. The third-order valence-corrected chi connectivity index (χ3v) is 2.96. The minimum absolute atomic E-state index is 0.311. The molecule has 0 N–H and O–H groups in total. The molecule has 0 bridgehead atoms. The van der Waals surface area contributed by atoms with Crippen LogP contribution in [-0.4, -0.2) is 25.7 Å². The van der Waals surface area contributed by atoms with E-state index in [1.54, 1.807) is 46.2 Å². The molecular weight excluding hydrogens is 264 g/mol. The van der Waals surface area contributed by atoms with E-state index in [0.717, 1.165) is 5.69 Å². The van der Waals surface area contributed by atoms with Gasteiger partial charge in [0.25, 0.3) is 0 Å². The van der Waals surface area contributed by atoms with Crippen LogP contribution in [0.25, 0.3) is 5.69 Å². The highest BCUT2D eigenvalue weighted by atomic mass is 32.1. The fourth-order valence-electron chi connectivity index (χ4n) is 1.48. The zero-order valence-corrected chi connectivity index (χ0v) is 10.4. The maximum absolute atomic E-state index is 11.7. The van der Waals surface area contributed by atoms with Crippen LogP contribution in [0.1, 0.15) is 10.5 Å². The first-order valence-corrected chi connectivity index (χ1v) is 6.32. The Kier molecular flexibility index (Phi) is 3.03. The number of rotatable bonds is 3. The molecule has 6 nitrogen and oxygen atoms in total. The second kappa shape index (κ2) is 4.99. The van der Waals surface area contributed by atoms with Crippen LogP contribution in [0.15, 0.2) is 47.8 Å². The van der Waals surface area contributed by atoms with Crippen LogP contribution in [0, 0.1) is 0 Å². The van der Waals surface area contributed by atoms with Gasteiger partial charge in [-0.05, 0) is 24.3 Å². The lowest BCUT2D eigenvalue weighted by Gasteiger charge is -2.04. The zero-order chi connectivity index (χ0) is 13.1. The summed E-state index contributed by atoms with van der Waals surface area (Å²) in [4.78, 5) is 19.4. The Balaban J connectivity index is 1.75. The predicted octanol–water partition coefficient (Wildman–Crippen LogP) is 1.94. The quantitative estimate of drug-likeness (QED) is 0.538. The monoisotopic (exact) mass is 272 g/mol. The molecule has 0 saturated carbocycles. The van der Waals surface area contributed by atoms with Crippen LogP contribution < -0.4 is 4.74 Å². The van der Waals surface area contributed by atoms with Crippen molar-refractivity contribution < 1.29 is 9.53 Å². The Morgan fingerprint density at radius 3 is 2.74 bits per heavy atom. The number of carbonyl (C=O) groups is 1. The molecule has 0 atom stereocenters. The third-order valence-electron chi connectivity index (χ3n) is 2.37. The molecule has 0 aliphatic rings. The summed E-state index contributed by atoms with van der Waals surface area (Å²) in [6.45, 7) is 0. The van der Waals surface area contributed by atoms with E-state index < -0.39 is 5.97 Å². The van der Waals surface area contributed by atoms with Crippen molar-refractivity contribution in [1.29, 1.82) is 0 Å². The van der Waals surface area contributed by atoms with Gasteiger partial charge in [-0.15, -0.1) is 11.3 Å². The average Bonchev–Trinajstić information content (AvgIpc) is 3.13. The van der Waals surface area contributed by atoms with E-state index in [-0.39, 0.29) is 0 Å². The van der Waals surface area contributed by atoms with Gasteiger partial charge in [0.2, 0.25) is 0 Å². The summed E-state index contributed by atoms with van der Waals surface area (Å²) < 4.78 is 6.81. The van der Waals surface area contributed by atoms with Gasteiger partial charge in [-0.2, -0.15) is 5.10 Å². The molecule has 0 amide bonds. The van der Waals surface area contributed by atoms with Crippen LogP contribution in [0.3, 0.4) is 0 Å². The normalized spacial score (nSPS) is 10.3. The van der Waals surface area contributed by atoms with Crippen molar-refractivity contribution >= 4 is 17.3 Å². The largest absolute Gasteiger partial charge is 0.422 e. The molecular formula is C12H8N4O2S. The van der Waals surface area contributed by atoms with Crippen LogP contribution in [0.2, 0.25) is 0 Å². The molecule has 2 heterocycles. The van der Waals surface area contributed by atoms with E-state index in [1.807, 2.05) is 0 Å². The standard InChI is InChI=1S/C12H8N4O2S/c17-12(11-5-19-8-14-11)18-10-3-1-9(2-4-10)16-7-13-6-15-16/h1-8H. The summed E-state index contributed by atoms with van der Waals surface area (Å²) >= 11 is 1.35. The SMILES string of the molecule is O=C(Oc1ccc(-n2cncn2)cc1)c1cscn1. The van der Waals surface area contributed by atoms with Gasteiger partial charge in [-0.3, -0.25) is 0 Å². The van der Waals surface area contributed by atoms with E-state index >= 15 is 0 Å². The molecule has 19 heavy (non-hydrogen) atoms. The van der Waals surface area contributed by atoms with Gasteiger partial charge in [-0.25, -0.2) is 19.4 Å². The summed E-state index contributed by atoms with van der Waals surface area (Å²) in [5.41, 5.74) is 2.74. The van der Waals surface area contributed by atoms with Crippen molar-refractivity contribution in [3.63, 3.8) is 0 Å². The Morgan fingerprint density at radius 2 is 2.11 bits per heavy atom. The number of ether oxygens (including phenoxy) is 1. The second-order valence-corrected chi connectivity index (χ2v) is 4.32. The topological polar surface area (TPSA) is 69.9 Å². The first kappa shape index (κ1) is 11.5. The molecule has 0 unspecified atom stereocenters. The van der Waals surface area contributed by atoms with Crippen molar-refractivity contribution in [3.05, 3.63) is 53.5 Å². The van der Waals surface area contributed by atoms with Gasteiger partial charge >= 0.3 is 5.97 Å². The summed E-state index contributed by atoms with van der Waals surface area (Å²) in [6.07, 6.45) is 3.05. The highest BCUT2D eigenvalue weighted by molar-refractivity contribution is 7.07. The number of hydrogen-bond acceptors (Lipinski definition) is 6. The fourth-order valence-corrected chi connectivity index (χ4v) is 2.00. The lowest BCUT2D eigenvalue weighted by Crippen LogP contribution is -2.08. The summed E-state index contributed by atoms with van der Waals surface area (Å²) in [6, 6.07) is 6.97. The van der Waals surface area contributed by atoms with E-state index in [1.165, 1.54) is 17.7 Å². The van der Waals surface area contributed by atoms with Crippen LogP contribution in [-0.2, 0) is 0 Å². The van der Waals surface area contributed by atoms with Gasteiger partial charge in [0.1, 0.15) is 18.4 Å². The smallest absolute Gasteiger partial charge is 0.363 e. The fraction of sp³-hybridized carbons (Fsp3) is 0. The molecule has 94 valence electrons. The first-order chi connectivity index (χ1) is 9.33. The number of hydrogen-bond donors (Lipinski definition) is 0. The second-order valence-electron chi connectivity index (χ2n) is 3.60. The van der Waals surface area contributed by atoms with Gasteiger partial charge < -0.3 is 4.74 Å². The summed E-state index contributed by atoms with van der Waals surface area (Å²) in [5, 5.41) is 5.65. The molecule has 0 spiro atoms. The van der Waals surface area contributed by atoms with Crippen LogP contribution in [0.4, 0.5) is 0 Å². The van der Waals surface area contributed by atoms with Gasteiger partial charge in [0.05, 0.1) is 11.2 Å². The van der Waals surface area contributed by atoms with Gasteiger partial charge in [0, 0.05) is 5.38 Å². The molecule has 7 heteroatoms. The molecule has 1 aromatic carbocycles. The number of aromatic nitrogens is 4. The number of esters is 1. The Labute approximate surface area is 112 Å². The molecule has 0 aliphatic heterocycles. The van der Waals surface area contributed by atoms with Crippen molar-refractivity contribution in [1.82, 2.24) is 19.7 Å². The van der Waals surface area contributed by atoms with Gasteiger partial charge in [0.15, 0.2) is 5.69 Å². The molecule has 3 rings (SSSR count). The van der Waals surface area contributed by atoms with E-state index in [4.69, 9.17) is 4.74 Å². The lowest BCUT2D eigenvalue weighted by atomic mass is 10.3. The Morgan fingerprint density at radius 1 is 1.26 bits per heavy atom. The average molecular weight is 272 g/mol. The van der Waals surface area contributed by atoms with Crippen molar-refractivity contribution in [2.24, 2.45) is 0 Å². The Bertz CT molecular complexity index is 662. The molecule has 3 aromatic rings. The molecule has 2 aromatic heterocycles. The minimum atomic E-state index is -0.463. The maximum atomic E-state index is 11.7. The van der Waals surface area contributed by atoms with Crippen molar-refractivity contribution in [2.45, 2.75) is 0 Å². The molecule has 0 fully saturated rings. The van der Waals surface area contributed by atoms with E-state index in [0.29, 0.717) is 11.4 Å². The maximum Gasteiger partial charge on any atom is 0.363 e. The summed E-state index contributed by atoms with van der Waals surface area (Å²) in [5.74, 6) is -0.00313. The first-order valence-electron chi connectivity index (χ1n) is 5.38. The highest BCUT2D eigenvalue weighted by Crippen LogP contribution is 2.16. The number of benzene rings is 1. The van der Waals surface area contributed by atoms with Crippen molar-refractivity contribution in [3.8, 4) is 11.4 Å². The Hall–Kier alpha value is -2.54. The number of thiazole rings is 1. The van der Waals surface area contributed by atoms with Crippen LogP contribution in [0.5, 0.6) is 5.75 Å². The van der Waals surface area contributed by atoms with Crippen LogP contribution >= 0.6 is 11.3 Å². The minimum Gasteiger partial charge on any atom is -0.422 e. The molecule has 0 radical (unpaired) electrons. The highest BCUT2D eigenvalue weighted by Gasteiger charge is 2.10.